The van der Waals surface area contributed by atoms with Gasteiger partial charge in [-0.2, -0.15) is 0 Å². The van der Waals surface area contributed by atoms with Crippen LogP contribution in [0.3, 0.4) is 0 Å². The van der Waals surface area contributed by atoms with Gasteiger partial charge in [0.25, 0.3) is 5.91 Å². The number of rotatable bonds is 4. The number of carbonyl (C=O) groups excluding carboxylic acids is 1. The van der Waals surface area contributed by atoms with Crippen LogP contribution in [-0.4, -0.2) is 11.0 Å². The molecule has 3 N–H and O–H groups in total. The number of hydrogen-bond acceptors (Lipinski definition) is 5. The molecule has 0 saturated heterocycles. The molecule has 0 aliphatic carbocycles. The highest BCUT2D eigenvalue weighted by molar-refractivity contribution is 9.10. The highest BCUT2D eigenvalue weighted by Gasteiger charge is 2.14. The van der Waals surface area contributed by atoms with Crippen molar-refractivity contribution in [2.75, 3.05) is 10.7 Å². The third-order valence-electron chi connectivity index (χ3n) is 4.55. The molecule has 1 aromatic heterocycles. The van der Waals surface area contributed by atoms with Crippen LogP contribution in [0.5, 0.6) is 5.75 Å². The third kappa shape index (κ3) is 4.90. The van der Waals surface area contributed by atoms with Gasteiger partial charge in [0.1, 0.15) is 16.9 Å². The molecule has 0 saturated carbocycles. The molecule has 31 heavy (non-hydrogen) atoms. The van der Waals surface area contributed by atoms with Gasteiger partial charge in [0.15, 0.2) is 0 Å². The Morgan fingerprint density at radius 3 is 2.52 bits per heavy atom. The quantitative estimate of drug-likeness (QED) is 0.299. The van der Waals surface area contributed by atoms with Crippen molar-refractivity contribution in [3.63, 3.8) is 0 Å². The number of aryl methyl sites for hydroxylation is 1. The summed E-state index contributed by atoms with van der Waals surface area (Å²) in [4.78, 5) is 13.0. The van der Waals surface area contributed by atoms with Crippen LogP contribution in [0.1, 0.15) is 15.9 Å². The fraction of sp³-hybridized carbons (Fsp3) is 0.0435. The van der Waals surface area contributed by atoms with E-state index in [9.17, 15) is 9.90 Å². The van der Waals surface area contributed by atoms with E-state index < -0.39 is 5.91 Å². The Hall–Kier alpha value is -3.29. The number of anilines is 2. The maximum Gasteiger partial charge on any atom is 0.261 e. The van der Waals surface area contributed by atoms with Crippen molar-refractivity contribution in [3.05, 3.63) is 92.9 Å². The largest absolute Gasteiger partial charge is 0.508 e. The Morgan fingerprint density at radius 1 is 1.03 bits per heavy atom. The molecule has 156 valence electrons. The number of aromatic hydroxyl groups is 1. The van der Waals surface area contributed by atoms with Crippen molar-refractivity contribution < 1.29 is 14.3 Å². The van der Waals surface area contributed by atoms with Gasteiger partial charge in [-0.15, -0.1) is 5.10 Å². The van der Waals surface area contributed by atoms with Gasteiger partial charge < -0.3 is 14.8 Å². The molecular weight excluding hydrogens is 482 g/mol. The topological polar surface area (TPSA) is 86.9 Å². The molecule has 0 aliphatic heterocycles. The summed E-state index contributed by atoms with van der Waals surface area (Å²) in [5, 5.41) is 18.3. The number of nitrogens with one attached hydrogen (secondary N) is 2. The van der Waals surface area contributed by atoms with E-state index in [0.29, 0.717) is 27.5 Å². The zero-order valence-corrected chi connectivity index (χ0v) is 18.7. The zero-order valence-electron chi connectivity index (χ0n) is 16.3. The van der Waals surface area contributed by atoms with E-state index in [1.807, 2.05) is 12.1 Å². The molecule has 4 aromatic rings. The lowest BCUT2D eigenvalue weighted by Gasteiger charge is -2.09. The summed E-state index contributed by atoms with van der Waals surface area (Å²) in [6, 6.07) is 19.1. The van der Waals surface area contributed by atoms with Gasteiger partial charge in [-0.3, -0.25) is 10.2 Å². The average Bonchev–Trinajstić information content (AvgIpc) is 2.75. The summed E-state index contributed by atoms with van der Waals surface area (Å²) in [5.74, 6) is -0.329. The average molecular weight is 499 g/mol. The Kier molecular flexibility index (Phi) is 5.97. The number of nitrogens with zero attached hydrogens (tertiary/aromatic N) is 1. The number of phenolic OH excluding ortho intramolecular Hbond substituents is 1. The molecule has 0 atom stereocenters. The van der Waals surface area contributed by atoms with Crippen molar-refractivity contribution in [1.82, 2.24) is 0 Å². The molecule has 1 amide bonds. The predicted molar refractivity (Wildman–Crippen MR) is 125 cm³/mol. The lowest BCUT2D eigenvalue weighted by molar-refractivity contribution is 0.102. The Morgan fingerprint density at radius 2 is 1.77 bits per heavy atom. The smallest absolute Gasteiger partial charge is 0.261 e. The molecule has 3 aromatic carbocycles. The maximum absolute atomic E-state index is 13.0. The monoisotopic (exact) mass is 497 g/mol. The summed E-state index contributed by atoms with van der Waals surface area (Å²) in [6.07, 6.45) is 0. The second-order valence-corrected chi connectivity index (χ2v) is 8.19. The van der Waals surface area contributed by atoms with Crippen molar-refractivity contribution in [2.24, 2.45) is 5.10 Å². The van der Waals surface area contributed by atoms with Crippen LogP contribution in [0, 0.1) is 6.92 Å². The number of phenols is 1. The van der Waals surface area contributed by atoms with E-state index in [0.717, 1.165) is 9.86 Å². The Balaban J connectivity index is 1.75. The van der Waals surface area contributed by atoms with Crippen molar-refractivity contribution in [1.29, 1.82) is 0 Å². The molecule has 0 unspecified atom stereocenters. The fourth-order valence-electron chi connectivity index (χ4n) is 2.87. The number of hydrogen-bond donors (Lipinski definition) is 3. The molecule has 1 heterocycles. The first-order chi connectivity index (χ1) is 14.9. The lowest BCUT2D eigenvalue weighted by Crippen LogP contribution is -2.22. The van der Waals surface area contributed by atoms with Crippen LogP contribution >= 0.6 is 27.5 Å². The Bertz CT molecular complexity index is 1350. The third-order valence-corrected chi connectivity index (χ3v) is 5.30. The van der Waals surface area contributed by atoms with E-state index >= 15 is 0 Å². The first-order valence-corrected chi connectivity index (χ1v) is 10.5. The highest BCUT2D eigenvalue weighted by atomic mass is 79.9. The fourth-order valence-corrected chi connectivity index (χ4v) is 3.38. The van der Waals surface area contributed by atoms with Gasteiger partial charge in [-0.05, 0) is 67.1 Å². The first-order valence-electron chi connectivity index (χ1n) is 9.29. The Labute approximate surface area is 191 Å². The molecule has 0 spiro atoms. The van der Waals surface area contributed by atoms with Crippen LogP contribution in [-0.2, 0) is 0 Å². The molecular formula is C23H17BrClN3O3. The molecule has 0 fully saturated rings. The second-order valence-electron chi connectivity index (χ2n) is 6.83. The van der Waals surface area contributed by atoms with Gasteiger partial charge in [0.2, 0.25) is 5.55 Å². The summed E-state index contributed by atoms with van der Waals surface area (Å²) in [7, 11) is 0. The van der Waals surface area contributed by atoms with Crippen LogP contribution in [0.2, 0.25) is 5.02 Å². The summed E-state index contributed by atoms with van der Waals surface area (Å²) in [5.41, 5.74) is 5.65. The number of carbonyl (C=O) groups is 1. The lowest BCUT2D eigenvalue weighted by atomic mass is 10.1. The SMILES string of the molecule is Cc1ccc(NC(=O)c2cc3cc(Br)ccc3o/c2=N\Nc2ccc(Cl)cc2)cc1O. The summed E-state index contributed by atoms with van der Waals surface area (Å²) < 4.78 is 6.76. The van der Waals surface area contributed by atoms with Crippen molar-refractivity contribution in [2.45, 2.75) is 6.92 Å². The minimum absolute atomic E-state index is 0.0965. The predicted octanol–water partition coefficient (Wildman–Crippen LogP) is 6.04. The van der Waals surface area contributed by atoms with Crippen LogP contribution in [0.4, 0.5) is 11.4 Å². The zero-order chi connectivity index (χ0) is 22.0. The number of halogens is 2. The minimum atomic E-state index is -0.425. The number of amides is 1. The van der Waals surface area contributed by atoms with Gasteiger partial charge >= 0.3 is 0 Å². The van der Waals surface area contributed by atoms with Crippen molar-refractivity contribution >= 4 is 55.8 Å². The minimum Gasteiger partial charge on any atom is -0.508 e. The van der Waals surface area contributed by atoms with E-state index in [-0.39, 0.29) is 16.9 Å². The number of benzene rings is 3. The van der Waals surface area contributed by atoms with Gasteiger partial charge in [-0.1, -0.05) is 33.6 Å². The van der Waals surface area contributed by atoms with Crippen molar-refractivity contribution in [3.8, 4) is 5.75 Å². The van der Waals surface area contributed by atoms with Gasteiger partial charge in [0.05, 0.1) is 5.69 Å². The highest BCUT2D eigenvalue weighted by Crippen LogP contribution is 2.23. The maximum atomic E-state index is 13.0. The molecule has 0 radical (unpaired) electrons. The van der Waals surface area contributed by atoms with E-state index in [4.69, 9.17) is 16.0 Å². The molecule has 0 bridgehead atoms. The van der Waals surface area contributed by atoms with E-state index in [1.54, 1.807) is 55.5 Å². The molecule has 4 rings (SSSR count). The first kappa shape index (κ1) is 21.0. The summed E-state index contributed by atoms with van der Waals surface area (Å²) >= 11 is 9.35. The second kappa shape index (κ2) is 8.83. The van der Waals surface area contributed by atoms with Crippen LogP contribution in [0.25, 0.3) is 11.0 Å². The molecule has 6 nitrogen and oxygen atoms in total. The van der Waals surface area contributed by atoms with E-state index in [1.165, 1.54) is 6.07 Å². The number of fused-ring (bicyclic) bond motifs is 1. The van der Waals surface area contributed by atoms with Gasteiger partial charge in [-0.25, -0.2) is 0 Å². The standard InChI is InChI=1S/C23H17BrClN3O3/c1-13-2-6-18(12-20(13)29)26-22(30)19-11-14-10-15(24)3-9-21(14)31-23(19)28-27-17-7-4-16(25)5-8-17/h2-12,27,29H,1H3,(H,26,30)/b28-23-. The molecule has 8 heteroatoms. The normalized spacial score (nSPS) is 11.5. The van der Waals surface area contributed by atoms with Gasteiger partial charge in [0, 0.05) is 26.6 Å². The summed E-state index contributed by atoms with van der Waals surface area (Å²) in [6.45, 7) is 1.78. The van der Waals surface area contributed by atoms with Crippen LogP contribution < -0.4 is 16.3 Å². The van der Waals surface area contributed by atoms with Crippen LogP contribution in [0.15, 0.2) is 80.7 Å². The van der Waals surface area contributed by atoms with E-state index in [2.05, 4.69) is 31.8 Å². The molecule has 0 aliphatic rings.